The number of hydrogen-bond acceptors (Lipinski definition) is 2. The number of nitrogens with zero attached hydrogens (tertiary/aromatic N) is 1. The molecule has 1 aromatic carbocycles. The van der Waals surface area contributed by atoms with Gasteiger partial charge in [0.05, 0.1) is 7.11 Å². The first-order valence-corrected chi connectivity index (χ1v) is 5.10. The van der Waals surface area contributed by atoms with Gasteiger partial charge in [0.1, 0.15) is 11.6 Å². The third-order valence-electron chi connectivity index (χ3n) is 2.30. The molecule has 0 heterocycles. The molecule has 0 aliphatic rings. The Morgan fingerprint density at radius 1 is 1.33 bits per heavy atom. The summed E-state index contributed by atoms with van der Waals surface area (Å²) in [5.74, 6) is 0.575. The molecule has 15 heavy (non-hydrogen) atoms. The standard InChI is InChI=1S/C12H18FNO/c1-14(2)8-4-5-10-9-11(15-3)6-7-12(10)13/h6-7,9H,4-5,8H2,1-3H3. The minimum absolute atomic E-state index is 0.144. The molecule has 0 spiro atoms. The largest absolute Gasteiger partial charge is 0.497 e. The van der Waals surface area contributed by atoms with Crippen LogP contribution in [0.25, 0.3) is 0 Å². The minimum atomic E-state index is -0.144. The highest BCUT2D eigenvalue weighted by atomic mass is 19.1. The van der Waals surface area contributed by atoms with Crippen molar-refractivity contribution in [3.8, 4) is 5.75 Å². The van der Waals surface area contributed by atoms with E-state index in [0.717, 1.165) is 30.7 Å². The quantitative estimate of drug-likeness (QED) is 0.741. The van der Waals surface area contributed by atoms with Gasteiger partial charge in [-0.3, -0.25) is 0 Å². The Bertz CT molecular complexity index is 312. The second-order valence-corrected chi connectivity index (χ2v) is 3.86. The molecule has 1 rings (SSSR count). The van der Waals surface area contributed by atoms with E-state index >= 15 is 0 Å². The van der Waals surface area contributed by atoms with E-state index in [-0.39, 0.29) is 5.82 Å². The SMILES string of the molecule is COc1ccc(F)c(CCCN(C)C)c1. The number of hydrogen-bond donors (Lipinski definition) is 0. The first-order valence-electron chi connectivity index (χ1n) is 5.10. The molecule has 0 aromatic heterocycles. The number of ether oxygens (including phenoxy) is 1. The lowest BCUT2D eigenvalue weighted by Crippen LogP contribution is -2.13. The van der Waals surface area contributed by atoms with Crippen LogP contribution in [-0.4, -0.2) is 32.6 Å². The smallest absolute Gasteiger partial charge is 0.126 e. The molecule has 0 saturated heterocycles. The van der Waals surface area contributed by atoms with Gasteiger partial charge in [-0.05, 0) is 57.2 Å². The van der Waals surface area contributed by atoms with Crippen molar-refractivity contribution < 1.29 is 9.13 Å². The molecule has 0 atom stereocenters. The van der Waals surface area contributed by atoms with E-state index in [9.17, 15) is 4.39 Å². The average Bonchev–Trinajstić information content (AvgIpc) is 2.20. The highest BCUT2D eigenvalue weighted by Gasteiger charge is 2.03. The molecular weight excluding hydrogens is 193 g/mol. The summed E-state index contributed by atoms with van der Waals surface area (Å²) in [7, 11) is 5.63. The number of rotatable bonds is 5. The maximum atomic E-state index is 13.4. The minimum Gasteiger partial charge on any atom is -0.497 e. The lowest BCUT2D eigenvalue weighted by atomic mass is 10.1. The Morgan fingerprint density at radius 3 is 2.67 bits per heavy atom. The molecule has 0 amide bonds. The van der Waals surface area contributed by atoms with E-state index in [4.69, 9.17) is 4.74 Å². The fourth-order valence-electron chi connectivity index (χ4n) is 1.46. The summed E-state index contributed by atoms with van der Waals surface area (Å²) < 4.78 is 18.4. The molecule has 0 fully saturated rings. The molecule has 0 radical (unpaired) electrons. The second-order valence-electron chi connectivity index (χ2n) is 3.86. The fraction of sp³-hybridized carbons (Fsp3) is 0.500. The number of halogens is 1. The first-order chi connectivity index (χ1) is 7.13. The Hall–Kier alpha value is -1.09. The van der Waals surface area contributed by atoms with Crippen LogP contribution in [-0.2, 0) is 6.42 Å². The van der Waals surface area contributed by atoms with Crippen molar-refractivity contribution in [2.24, 2.45) is 0 Å². The molecule has 3 heteroatoms. The van der Waals surface area contributed by atoms with E-state index in [1.54, 1.807) is 19.2 Å². The second kappa shape index (κ2) is 5.71. The zero-order valence-corrected chi connectivity index (χ0v) is 9.59. The van der Waals surface area contributed by atoms with Crippen LogP contribution in [0.2, 0.25) is 0 Å². The van der Waals surface area contributed by atoms with E-state index in [1.165, 1.54) is 6.07 Å². The van der Waals surface area contributed by atoms with Crippen LogP contribution in [0.15, 0.2) is 18.2 Å². The molecule has 0 aliphatic carbocycles. The monoisotopic (exact) mass is 211 g/mol. The third-order valence-corrected chi connectivity index (χ3v) is 2.30. The van der Waals surface area contributed by atoms with E-state index in [1.807, 2.05) is 14.1 Å². The van der Waals surface area contributed by atoms with E-state index in [2.05, 4.69) is 4.90 Å². The lowest BCUT2D eigenvalue weighted by Gasteiger charge is -2.10. The topological polar surface area (TPSA) is 12.5 Å². The molecule has 0 saturated carbocycles. The van der Waals surface area contributed by atoms with Crippen molar-refractivity contribution in [1.82, 2.24) is 4.90 Å². The highest BCUT2D eigenvalue weighted by molar-refractivity contribution is 5.29. The van der Waals surface area contributed by atoms with Crippen LogP contribution in [0.3, 0.4) is 0 Å². The maximum Gasteiger partial charge on any atom is 0.126 e. The van der Waals surface area contributed by atoms with Gasteiger partial charge in [0.25, 0.3) is 0 Å². The lowest BCUT2D eigenvalue weighted by molar-refractivity contribution is 0.397. The van der Waals surface area contributed by atoms with Crippen LogP contribution in [0.1, 0.15) is 12.0 Å². The van der Waals surface area contributed by atoms with Crippen LogP contribution in [0.5, 0.6) is 5.75 Å². The fourth-order valence-corrected chi connectivity index (χ4v) is 1.46. The highest BCUT2D eigenvalue weighted by Crippen LogP contribution is 2.17. The van der Waals surface area contributed by atoms with Crippen LogP contribution < -0.4 is 4.74 Å². The average molecular weight is 211 g/mol. The van der Waals surface area contributed by atoms with E-state index < -0.39 is 0 Å². The molecular formula is C12H18FNO. The maximum absolute atomic E-state index is 13.4. The van der Waals surface area contributed by atoms with Crippen LogP contribution >= 0.6 is 0 Å². The molecule has 1 aromatic rings. The van der Waals surface area contributed by atoms with Crippen LogP contribution in [0, 0.1) is 5.82 Å². The summed E-state index contributed by atoms with van der Waals surface area (Å²) >= 11 is 0. The van der Waals surface area contributed by atoms with Crippen molar-refractivity contribution in [1.29, 1.82) is 0 Å². The zero-order valence-electron chi connectivity index (χ0n) is 9.59. The predicted octanol–water partition coefficient (Wildman–Crippen LogP) is 2.33. The van der Waals surface area contributed by atoms with Crippen molar-refractivity contribution in [3.63, 3.8) is 0 Å². The predicted molar refractivity (Wildman–Crippen MR) is 59.8 cm³/mol. The van der Waals surface area contributed by atoms with Gasteiger partial charge in [-0.1, -0.05) is 0 Å². The first kappa shape index (κ1) is 12.0. The zero-order chi connectivity index (χ0) is 11.3. The number of benzene rings is 1. The summed E-state index contributed by atoms with van der Waals surface area (Å²) in [6.07, 6.45) is 1.71. The van der Waals surface area contributed by atoms with Gasteiger partial charge in [-0.15, -0.1) is 0 Å². The summed E-state index contributed by atoms with van der Waals surface area (Å²) in [6, 6.07) is 4.87. The van der Waals surface area contributed by atoms with Gasteiger partial charge >= 0.3 is 0 Å². The van der Waals surface area contributed by atoms with Gasteiger partial charge in [0.2, 0.25) is 0 Å². The molecule has 0 unspecified atom stereocenters. The number of methoxy groups -OCH3 is 1. The molecule has 0 aliphatic heterocycles. The Kier molecular flexibility index (Phi) is 4.56. The van der Waals surface area contributed by atoms with Gasteiger partial charge < -0.3 is 9.64 Å². The Labute approximate surface area is 90.7 Å². The summed E-state index contributed by atoms with van der Waals surface area (Å²) in [4.78, 5) is 2.10. The molecule has 2 nitrogen and oxygen atoms in total. The Balaban J connectivity index is 2.59. The van der Waals surface area contributed by atoms with Gasteiger partial charge in [-0.2, -0.15) is 0 Å². The van der Waals surface area contributed by atoms with Crippen molar-refractivity contribution >= 4 is 0 Å². The van der Waals surface area contributed by atoms with Crippen molar-refractivity contribution in [2.75, 3.05) is 27.7 Å². The van der Waals surface area contributed by atoms with E-state index in [0.29, 0.717) is 0 Å². The third kappa shape index (κ3) is 3.88. The summed E-state index contributed by atoms with van der Waals surface area (Å²) in [6.45, 7) is 0.969. The van der Waals surface area contributed by atoms with Gasteiger partial charge in [0, 0.05) is 0 Å². The van der Waals surface area contributed by atoms with Gasteiger partial charge in [-0.25, -0.2) is 4.39 Å². The van der Waals surface area contributed by atoms with Crippen LogP contribution in [0.4, 0.5) is 4.39 Å². The molecule has 0 bridgehead atoms. The van der Waals surface area contributed by atoms with Crippen molar-refractivity contribution in [3.05, 3.63) is 29.6 Å². The molecule has 84 valence electrons. The van der Waals surface area contributed by atoms with Gasteiger partial charge in [0.15, 0.2) is 0 Å². The number of aryl methyl sites for hydroxylation is 1. The molecule has 0 N–H and O–H groups in total. The normalized spacial score (nSPS) is 10.7. The van der Waals surface area contributed by atoms with Crippen molar-refractivity contribution in [2.45, 2.75) is 12.8 Å². The summed E-state index contributed by atoms with van der Waals surface area (Å²) in [5.41, 5.74) is 0.733. The summed E-state index contributed by atoms with van der Waals surface area (Å²) in [5, 5.41) is 0. The Morgan fingerprint density at radius 2 is 2.07 bits per heavy atom.